The summed E-state index contributed by atoms with van der Waals surface area (Å²) in [4.78, 5) is 112. The Morgan fingerprint density at radius 1 is 0.438 bits per heavy atom. The maximum absolute atomic E-state index is 12.0. The van der Waals surface area contributed by atoms with E-state index < -0.39 is 13.9 Å². The zero-order valence-corrected chi connectivity index (χ0v) is 69.8. The van der Waals surface area contributed by atoms with E-state index in [0.29, 0.717) is 55.8 Å². The normalized spacial score (nSPS) is 15.7. The number of ether oxygens (including phenoxy) is 1. The van der Waals surface area contributed by atoms with Gasteiger partial charge in [0.05, 0.1) is 50.9 Å². The number of alkyl halides is 3. The molecule has 1 saturated heterocycles. The Labute approximate surface area is 679 Å². The van der Waals surface area contributed by atoms with Gasteiger partial charge in [-0.2, -0.15) is 0 Å². The molecule has 7 unspecified atom stereocenters. The molecule has 5 aliphatic rings. The summed E-state index contributed by atoms with van der Waals surface area (Å²) in [5.74, 6) is -2.23. The molecule has 2 radical (unpaired) electrons. The van der Waals surface area contributed by atoms with Crippen molar-refractivity contribution < 1.29 is 116 Å². The number of rotatable bonds is 19. The molecular formula is C80H93BBr5LiN4O13P-. The number of imide groups is 4. The Morgan fingerprint density at radius 3 is 0.848 bits per heavy atom. The predicted octanol–water partition coefficient (Wildman–Crippen LogP) is 5.60. The molecule has 3 N–H and O–H groups in total. The van der Waals surface area contributed by atoms with Crippen LogP contribution in [0, 0.1) is 0 Å². The van der Waals surface area contributed by atoms with Crippen LogP contribution in [-0.2, 0) is 9.53 Å². The van der Waals surface area contributed by atoms with Crippen molar-refractivity contribution >= 4 is 133 Å². The fraction of sp³-hybridized carbons (Fsp3) is 0.362. The Balaban J connectivity index is 0.000000417. The van der Waals surface area contributed by atoms with Crippen LogP contribution in [-0.4, -0.2) is 161 Å². The molecule has 1 fully saturated rings. The van der Waals surface area contributed by atoms with Crippen molar-refractivity contribution in [3.63, 3.8) is 0 Å². The predicted molar refractivity (Wildman–Crippen MR) is 416 cm³/mol. The minimum atomic E-state index is -0.760. The van der Waals surface area contributed by atoms with Crippen LogP contribution in [0.5, 0.6) is 0 Å². The minimum absolute atomic E-state index is 0. The molecule has 8 amide bonds. The Morgan fingerprint density at radius 2 is 0.686 bits per heavy atom. The van der Waals surface area contributed by atoms with Crippen molar-refractivity contribution in [3.05, 3.63) is 233 Å². The summed E-state index contributed by atoms with van der Waals surface area (Å²) in [6.07, 6.45) is 8.04. The average molecular weight is 1770 g/mol. The molecule has 105 heavy (non-hydrogen) atoms. The summed E-state index contributed by atoms with van der Waals surface area (Å²) in [5.41, 5.74) is 4.11. The van der Waals surface area contributed by atoms with E-state index in [1.807, 2.05) is 27.7 Å². The molecule has 5 aliphatic heterocycles. The summed E-state index contributed by atoms with van der Waals surface area (Å²) in [6, 6.07) is 59.8. The van der Waals surface area contributed by atoms with Crippen molar-refractivity contribution in [2.24, 2.45) is 0 Å². The fourth-order valence-corrected chi connectivity index (χ4v) is 14.8. The number of aliphatic carboxylic acids is 1. The van der Waals surface area contributed by atoms with Gasteiger partial charge in [0.1, 0.15) is 7.85 Å². The molecule has 0 bridgehead atoms. The molecule has 17 nitrogen and oxygen atoms in total. The van der Waals surface area contributed by atoms with E-state index >= 15 is 0 Å². The average Bonchev–Trinajstić information content (AvgIpc) is 1.64. The third-order valence-electron chi connectivity index (χ3n) is 16.5. The van der Waals surface area contributed by atoms with E-state index in [1.165, 1.54) is 35.5 Å². The van der Waals surface area contributed by atoms with Gasteiger partial charge in [0, 0.05) is 65.0 Å². The number of benzene rings is 7. The van der Waals surface area contributed by atoms with Gasteiger partial charge >= 0.3 is 24.8 Å². The number of carbonyl (C=O) groups is 9. The van der Waals surface area contributed by atoms with E-state index in [0.717, 1.165) is 63.3 Å². The van der Waals surface area contributed by atoms with Crippen molar-refractivity contribution in [2.45, 2.75) is 159 Å². The topological polar surface area (TPSA) is 237 Å². The van der Waals surface area contributed by atoms with Gasteiger partial charge in [-0.25, -0.2) is 0 Å². The number of fused-ring (bicyclic) bond motifs is 4. The van der Waals surface area contributed by atoms with Crippen molar-refractivity contribution in [1.82, 2.24) is 19.6 Å². The third-order valence-corrected chi connectivity index (χ3v) is 20.2. The monoisotopic (exact) mass is 1760 g/mol. The molecule has 0 spiro atoms. The zero-order chi connectivity index (χ0) is 75.0. The number of amides is 8. The van der Waals surface area contributed by atoms with Crippen LogP contribution in [0.4, 0.5) is 0 Å². The van der Waals surface area contributed by atoms with E-state index in [1.54, 1.807) is 111 Å². The number of nitrogens with zero attached hydrogens (tertiary/aromatic N) is 4. The number of aliphatic hydroxyl groups excluding tert-OH is 2. The van der Waals surface area contributed by atoms with Gasteiger partial charge < -0.3 is 54.0 Å². The molecular weight excluding hydrogens is 1670 g/mol. The summed E-state index contributed by atoms with van der Waals surface area (Å²) in [6.45, 7) is 16.5. The number of hydrogen-bond acceptors (Lipinski definition) is 12. The third kappa shape index (κ3) is 27.8. The smallest absolute Gasteiger partial charge is 1.00 e. The molecule has 7 atom stereocenters. The van der Waals surface area contributed by atoms with Crippen LogP contribution >= 0.6 is 55.7 Å². The van der Waals surface area contributed by atoms with Gasteiger partial charge in [0.2, 0.25) is 0 Å². The minimum Gasteiger partial charge on any atom is -1.00 e. The van der Waals surface area contributed by atoms with Gasteiger partial charge in [0.15, 0.2) is 0 Å². The molecule has 0 saturated carbocycles. The maximum Gasteiger partial charge on any atom is 1.00 e. The molecule has 0 aliphatic carbocycles. The van der Waals surface area contributed by atoms with E-state index in [9.17, 15) is 43.2 Å². The summed E-state index contributed by atoms with van der Waals surface area (Å²) >= 11 is 9.69. The maximum atomic E-state index is 12.0. The van der Waals surface area contributed by atoms with Crippen LogP contribution in [0.25, 0.3) is 0 Å². The molecule has 12 rings (SSSR count). The SMILES string of the molecule is CC(Br)CC(=O)O.CC(Br)CCO.CC(CCBr)N1C(=O)c2ccccc2C1=O.CC(CCO)N1C(=O)c2ccccc2C1=O.CCCC(C)N1C(=O)c2ccccc2C1=O.CCCC(C)N1C(=O)c2ccccc2C1=O.[B]C1CCCO1.[Br-].[Br-].[Li+].c1ccc(P(c2ccccc2)c2ccccc2)cc1. The van der Waals surface area contributed by atoms with Crippen LogP contribution in [0.3, 0.4) is 0 Å². The fourth-order valence-electron chi connectivity index (χ4n) is 11.3. The summed E-state index contributed by atoms with van der Waals surface area (Å²) in [5, 5.41) is 30.1. The molecule has 25 heteroatoms. The Bertz CT molecular complexity index is 3320. The first-order chi connectivity index (χ1) is 48.9. The van der Waals surface area contributed by atoms with Gasteiger partial charge in [0.25, 0.3) is 47.3 Å². The largest absolute Gasteiger partial charge is 1.00 e. The molecule has 7 aromatic rings. The first-order valence-corrected chi connectivity index (χ1v) is 38.7. The second kappa shape index (κ2) is 49.8. The number of carbonyl (C=O) groups excluding carboxylic acids is 8. The number of carboxylic acid groups (broad SMARTS) is 1. The van der Waals surface area contributed by atoms with Crippen molar-refractivity contribution in [1.29, 1.82) is 0 Å². The molecule has 5 heterocycles. The van der Waals surface area contributed by atoms with Gasteiger partial charge in [-0.3, -0.25) is 62.8 Å². The van der Waals surface area contributed by atoms with Crippen LogP contribution in [0.2, 0.25) is 0 Å². The first kappa shape index (κ1) is 95.0. The molecule has 0 aromatic heterocycles. The zero-order valence-electron chi connectivity index (χ0n) is 61.0. The van der Waals surface area contributed by atoms with Gasteiger partial charge in [-0.1, -0.05) is 228 Å². The molecule has 556 valence electrons. The Hall–Kier alpha value is -6.06. The van der Waals surface area contributed by atoms with E-state index in [-0.39, 0.29) is 155 Å². The number of hydrogen-bond donors (Lipinski definition) is 3. The second-order valence-electron chi connectivity index (χ2n) is 24.6. The van der Waals surface area contributed by atoms with Crippen molar-refractivity contribution in [3.8, 4) is 0 Å². The second-order valence-corrected chi connectivity index (χ2v) is 30.8. The number of halogens is 5. The molecule has 7 aromatic carbocycles. The van der Waals surface area contributed by atoms with Crippen LogP contribution in [0.1, 0.15) is 202 Å². The van der Waals surface area contributed by atoms with Crippen LogP contribution < -0.4 is 68.7 Å². The van der Waals surface area contributed by atoms with Gasteiger partial charge in [-0.15, -0.1) is 0 Å². The standard InChI is InChI=1S/C18H15P.2C13H15NO2.C12H12BrNO2.C12H13NO3.C4H7BO.C4H7BrO2.C4H9BrO.2BrH.Li/c1-4-10-16(11-5-1)19(17-12-6-2-7-13-17)18-14-8-3-9-15-18;2*1-3-6-9(2)14-12(15)10-7-4-5-8-11(10)13(14)16;1-8(6-7-13)14-11(15)9-4-2-3-5-10(9)12(14)16;1-8(6-7-14)13-11(15)9-4-2-3-5-10(9)12(13)16;5-4-2-1-3-6-4;1-3(5)2-4(6)7;1-4(5)2-3-6;;;/h1-15H;2*4-5,7-9H,3,6H2,1-2H3;2-5,8H,6-7H2,1H3;2-5,8,14H,6-7H2,1H3;4H,1-3H2;3H,2H2,1H3,(H,6,7);4,6H,2-3H2,1H3;2*1H;/q;;;;;;;;;;+1/p-2. The Kier molecular flexibility index (Phi) is 45.1. The van der Waals surface area contributed by atoms with E-state index in [2.05, 4.69) is 153 Å². The first-order valence-electron chi connectivity index (χ1n) is 34.4. The van der Waals surface area contributed by atoms with E-state index in [4.69, 9.17) is 27.9 Å². The summed E-state index contributed by atoms with van der Waals surface area (Å²) < 4.78 is 4.93. The quantitative estimate of drug-likeness (QED) is 0.0388. The number of aliphatic hydroxyl groups is 2. The summed E-state index contributed by atoms with van der Waals surface area (Å²) in [7, 11) is 4.87. The van der Waals surface area contributed by atoms with Gasteiger partial charge in [-0.05, 0) is 145 Å². The van der Waals surface area contributed by atoms with Crippen LogP contribution in [0.15, 0.2) is 188 Å². The number of carboxylic acids is 1. The van der Waals surface area contributed by atoms with Crippen molar-refractivity contribution in [2.75, 3.05) is 25.2 Å².